The van der Waals surface area contributed by atoms with E-state index in [2.05, 4.69) is 15.9 Å². The predicted molar refractivity (Wildman–Crippen MR) is 77.3 cm³/mol. The summed E-state index contributed by atoms with van der Waals surface area (Å²) in [6, 6.07) is 1.29. The van der Waals surface area contributed by atoms with E-state index in [1.807, 2.05) is 0 Å². The van der Waals surface area contributed by atoms with Crippen molar-refractivity contribution in [2.45, 2.75) is 44.2 Å². The number of amides is 1. The fourth-order valence-electron chi connectivity index (χ4n) is 4.95. The third kappa shape index (κ3) is 2.02. The lowest BCUT2D eigenvalue weighted by Gasteiger charge is -2.57. The summed E-state index contributed by atoms with van der Waals surface area (Å²) in [5.41, 5.74) is 0. The Morgan fingerprint density at radius 1 is 1.16 bits per heavy atom. The van der Waals surface area contributed by atoms with E-state index in [1.165, 1.54) is 38.8 Å². The lowest BCUT2D eigenvalue weighted by atomic mass is 9.68. The molecule has 3 saturated heterocycles. The zero-order valence-corrected chi connectivity index (χ0v) is 12.1. The minimum Gasteiger partial charge on any atom is -0.335 e. The van der Waals surface area contributed by atoms with Crippen LogP contribution in [-0.2, 0) is 4.79 Å². The fourth-order valence-corrected chi connectivity index (χ4v) is 4.95. The number of rotatable bonds is 0. The van der Waals surface area contributed by atoms with Gasteiger partial charge in [0.2, 0.25) is 5.91 Å². The molecule has 0 spiro atoms. The zero-order valence-electron chi connectivity index (χ0n) is 11.3. The predicted octanol–water partition coefficient (Wildman–Crippen LogP) is 2.07. The van der Waals surface area contributed by atoms with Crippen molar-refractivity contribution < 1.29 is 4.79 Å². The number of carbonyl (C=O) groups excluding carboxylic acids is 1. The van der Waals surface area contributed by atoms with Crippen molar-refractivity contribution in [2.24, 2.45) is 11.8 Å². The second kappa shape index (κ2) is 5.10. The molecule has 0 aromatic heterocycles. The van der Waals surface area contributed by atoms with Crippen molar-refractivity contribution in [1.29, 1.82) is 0 Å². The first-order chi connectivity index (χ1) is 8.84. The molecule has 0 unspecified atom stereocenters. The summed E-state index contributed by atoms with van der Waals surface area (Å²) in [5, 5.41) is 0. The van der Waals surface area contributed by atoms with Crippen LogP contribution in [0.3, 0.4) is 0 Å². The van der Waals surface area contributed by atoms with Crippen molar-refractivity contribution in [3.05, 3.63) is 12.2 Å². The number of nitrogens with zero attached hydrogens (tertiary/aromatic N) is 2. The van der Waals surface area contributed by atoms with Crippen LogP contribution in [0.15, 0.2) is 12.2 Å². The van der Waals surface area contributed by atoms with E-state index in [0.29, 0.717) is 6.04 Å². The highest BCUT2D eigenvalue weighted by atomic mass is 35.5. The molecule has 1 amide bonds. The Balaban J connectivity index is 0.00000110. The number of fused-ring (bicyclic) bond motifs is 2. The lowest BCUT2D eigenvalue weighted by Crippen LogP contribution is -2.65. The highest BCUT2D eigenvalue weighted by Gasteiger charge is 2.49. The van der Waals surface area contributed by atoms with Crippen LogP contribution >= 0.6 is 12.4 Å². The summed E-state index contributed by atoms with van der Waals surface area (Å²) in [6.07, 6.45) is 10.3. The average molecular weight is 283 g/mol. The Kier molecular flexibility index (Phi) is 3.61. The summed E-state index contributed by atoms with van der Waals surface area (Å²) in [7, 11) is 0. The van der Waals surface area contributed by atoms with Crippen LogP contribution < -0.4 is 0 Å². The molecule has 3 nitrogen and oxygen atoms in total. The molecule has 0 aliphatic carbocycles. The topological polar surface area (TPSA) is 23.6 Å². The van der Waals surface area contributed by atoms with Gasteiger partial charge in [-0.15, -0.1) is 12.4 Å². The molecular formula is C15H23ClN2O. The van der Waals surface area contributed by atoms with Gasteiger partial charge in [-0.1, -0.05) is 6.08 Å². The van der Waals surface area contributed by atoms with Crippen LogP contribution in [0.25, 0.3) is 0 Å². The zero-order chi connectivity index (χ0) is 12.1. The maximum atomic E-state index is 12.1. The monoisotopic (exact) mass is 282 g/mol. The van der Waals surface area contributed by atoms with Gasteiger partial charge in [0.15, 0.2) is 0 Å². The minimum absolute atomic E-state index is 0. The maximum Gasteiger partial charge on any atom is 0.246 e. The van der Waals surface area contributed by atoms with E-state index in [1.54, 1.807) is 6.08 Å². The first kappa shape index (κ1) is 13.4. The molecule has 4 heteroatoms. The van der Waals surface area contributed by atoms with Gasteiger partial charge in [-0.05, 0) is 63.1 Å². The average Bonchev–Trinajstić information content (AvgIpc) is 2.41. The Hall–Kier alpha value is -0.540. The van der Waals surface area contributed by atoms with Crippen LogP contribution in [0.2, 0.25) is 0 Å². The summed E-state index contributed by atoms with van der Waals surface area (Å²) in [6.45, 7) is 3.62. The van der Waals surface area contributed by atoms with Gasteiger partial charge < -0.3 is 4.90 Å². The molecule has 4 aliphatic heterocycles. The molecule has 0 aromatic rings. The van der Waals surface area contributed by atoms with Crippen molar-refractivity contribution in [3.8, 4) is 0 Å². The standard InChI is InChI=1S/C15H22N2O.ClH/c18-14-7-1-6-13-12-5-3-9-16-8-2-4-11(15(12)16)10-17(13)14;/h1,7,11-13,15H,2-6,8-10H2;1H/t11-,12+,13+,15-;/m0./s1. The SMILES string of the molecule is Cl.O=C1C=CC[C@@H]2[C@H]3CCCN4CCC[C@@H](CN12)[C@@H]34. The Bertz CT molecular complexity index is 396. The summed E-state index contributed by atoms with van der Waals surface area (Å²) < 4.78 is 0. The quantitative estimate of drug-likeness (QED) is 0.679. The molecule has 0 saturated carbocycles. The molecule has 4 heterocycles. The highest BCUT2D eigenvalue weighted by molar-refractivity contribution is 5.88. The Labute approximate surface area is 121 Å². The summed E-state index contributed by atoms with van der Waals surface area (Å²) in [4.78, 5) is 17.0. The van der Waals surface area contributed by atoms with Gasteiger partial charge in [-0.3, -0.25) is 9.69 Å². The summed E-state index contributed by atoms with van der Waals surface area (Å²) in [5.74, 6) is 1.76. The number of halogens is 1. The van der Waals surface area contributed by atoms with E-state index >= 15 is 0 Å². The molecule has 4 atom stereocenters. The van der Waals surface area contributed by atoms with Gasteiger partial charge in [0, 0.05) is 18.6 Å². The van der Waals surface area contributed by atoms with Gasteiger partial charge in [0.05, 0.1) is 0 Å². The molecule has 0 aromatic carbocycles. The van der Waals surface area contributed by atoms with Gasteiger partial charge >= 0.3 is 0 Å². The van der Waals surface area contributed by atoms with Gasteiger partial charge in [0.1, 0.15) is 0 Å². The van der Waals surface area contributed by atoms with Gasteiger partial charge in [-0.25, -0.2) is 0 Å². The second-order valence-corrected chi connectivity index (χ2v) is 6.43. The molecule has 3 fully saturated rings. The van der Waals surface area contributed by atoms with Gasteiger partial charge in [0.25, 0.3) is 0 Å². The molecular weight excluding hydrogens is 260 g/mol. The van der Waals surface area contributed by atoms with Gasteiger partial charge in [-0.2, -0.15) is 0 Å². The maximum absolute atomic E-state index is 12.1. The molecule has 0 bridgehead atoms. The first-order valence-corrected chi connectivity index (χ1v) is 7.56. The van der Waals surface area contributed by atoms with Crippen LogP contribution in [0, 0.1) is 11.8 Å². The molecule has 4 aliphatic rings. The van der Waals surface area contributed by atoms with E-state index in [9.17, 15) is 4.79 Å². The first-order valence-electron chi connectivity index (χ1n) is 7.56. The number of hydrogen-bond donors (Lipinski definition) is 0. The van der Waals surface area contributed by atoms with Crippen molar-refractivity contribution in [3.63, 3.8) is 0 Å². The van der Waals surface area contributed by atoms with Crippen LogP contribution in [0.1, 0.15) is 32.1 Å². The van der Waals surface area contributed by atoms with Crippen molar-refractivity contribution in [1.82, 2.24) is 9.80 Å². The van der Waals surface area contributed by atoms with E-state index in [-0.39, 0.29) is 18.3 Å². The third-order valence-corrected chi connectivity index (χ3v) is 5.59. The van der Waals surface area contributed by atoms with E-state index in [4.69, 9.17) is 0 Å². The van der Waals surface area contributed by atoms with Crippen LogP contribution in [0.4, 0.5) is 0 Å². The molecule has 4 rings (SSSR count). The van der Waals surface area contributed by atoms with E-state index < -0.39 is 0 Å². The number of hydrogen-bond acceptors (Lipinski definition) is 2. The van der Waals surface area contributed by atoms with Crippen molar-refractivity contribution in [2.75, 3.05) is 19.6 Å². The molecule has 106 valence electrons. The Morgan fingerprint density at radius 3 is 2.79 bits per heavy atom. The molecule has 0 N–H and O–H groups in total. The number of piperidine rings is 3. The molecule has 0 radical (unpaired) electrons. The lowest BCUT2D eigenvalue weighted by molar-refractivity contribution is -0.141. The smallest absolute Gasteiger partial charge is 0.246 e. The third-order valence-electron chi connectivity index (χ3n) is 5.59. The van der Waals surface area contributed by atoms with Crippen LogP contribution in [0.5, 0.6) is 0 Å². The minimum atomic E-state index is 0. The summed E-state index contributed by atoms with van der Waals surface area (Å²) >= 11 is 0. The van der Waals surface area contributed by atoms with Crippen LogP contribution in [-0.4, -0.2) is 47.4 Å². The fraction of sp³-hybridized carbons (Fsp3) is 0.800. The largest absolute Gasteiger partial charge is 0.335 e. The highest BCUT2D eigenvalue weighted by Crippen LogP contribution is 2.43. The number of carbonyl (C=O) groups is 1. The molecule has 19 heavy (non-hydrogen) atoms. The normalized spacial score (nSPS) is 41.3. The second-order valence-electron chi connectivity index (χ2n) is 6.43. The van der Waals surface area contributed by atoms with Crippen molar-refractivity contribution >= 4 is 18.3 Å². The van der Waals surface area contributed by atoms with E-state index in [0.717, 1.165) is 30.8 Å². The Morgan fingerprint density at radius 2 is 1.95 bits per heavy atom.